The fraction of sp³-hybridized carbons (Fsp3) is 0.846. The van der Waals surface area contributed by atoms with E-state index < -0.39 is 10.0 Å². The fourth-order valence-corrected chi connectivity index (χ4v) is 4.51. The third-order valence-electron chi connectivity index (χ3n) is 4.03. The van der Waals surface area contributed by atoms with Crippen molar-refractivity contribution >= 4 is 21.8 Å². The fourth-order valence-electron chi connectivity index (χ4n) is 2.84. The van der Waals surface area contributed by atoms with Crippen LogP contribution in [-0.4, -0.2) is 54.3 Å². The van der Waals surface area contributed by atoms with Gasteiger partial charge in [-0.3, -0.25) is 14.5 Å². The predicted octanol–water partition coefficient (Wildman–Crippen LogP) is 0.730. The highest BCUT2D eigenvalue weighted by Crippen LogP contribution is 2.24. The van der Waals surface area contributed by atoms with Gasteiger partial charge in [0, 0.05) is 32.0 Å². The average Bonchev–Trinajstić information content (AvgIpc) is 2.76. The van der Waals surface area contributed by atoms with Crippen LogP contribution in [0.4, 0.5) is 0 Å². The minimum atomic E-state index is -3.17. The second-order valence-electron chi connectivity index (χ2n) is 5.46. The number of amides is 2. The number of piperidine rings is 1. The summed E-state index contributed by atoms with van der Waals surface area (Å²) in [6.45, 7) is 2.79. The summed E-state index contributed by atoms with van der Waals surface area (Å²) in [6.07, 6.45) is 3.24. The summed E-state index contributed by atoms with van der Waals surface area (Å²) < 4.78 is 25.7. The second-order valence-corrected chi connectivity index (χ2v) is 7.55. The summed E-state index contributed by atoms with van der Waals surface area (Å²) in [7, 11) is -3.17. The van der Waals surface area contributed by atoms with Crippen LogP contribution in [0.15, 0.2) is 0 Å². The maximum Gasteiger partial charge on any atom is 0.229 e. The van der Waals surface area contributed by atoms with E-state index in [1.54, 1.807) is 0 Å². The SMILES string of the molecule is CCCCS(=O)(=O)N1CCC(N2C(=O)CCC2=O)CC1. The average molecular weight is 302 g/mol. The Kier molecular flexibility index (Phi) is 4.80. The number of rotatable bonds is 5. The molecule has 0 atom stereocenters. The predicted molar refractivity (Wildman–Crippen MR) is 74.4 cm³/mol. The summed E-state index contributed by atoms with van der Waals surface area (Å²) in [6, 6.07) is -0.116. The maximum atomic E-state index is 12.1. The van der Waals surface area contributed by atoms with Crippen molar-refractivity contribution in [3.8, 4) is 0 Å². The minimum Gasteiger partial charge on any atom is -0.279 e. The second kappa shape index (κ2) is 6.22. The molecule has 2 aliphatic heterocycles. The van der Waals surface area contributed by atoms with Crippen molar-refractivity contribution in [2.45, 2.75) is 51.5 Å². The highest BCUT2D eigenvalue weighted by Gasteiger charge is 2.38. The van der Waals surface area contributed by atoms with Crippen LogP contribution in [0.5, 0.6) is 0 Å². The molecule has 2 aliphatic rings. The van der Waals surface area contributed by atoms with Crippen LogP contribution in [-0.2, 0) is 19.6 Å². The summed E-state index contributed by atoms with van der Waals surface area (Å²) in [5, 5.41) is 0. The lowest BCUT2D eigenvalue weighted by Crippen LogP contribution is -2.48. The van der Waals surface area contributed by atoms with Crippen LogP contribution in [0.3, 0.4) is 0 Å². The van der Waals surface area contributed by atoms with E-state index in [0.717, 1.165) is 6.42 Å². The van der Waals surface area contributed by atoms with Crippen molar-refractivity contribution in [1.82, 2.24) is 9.21 Å². The lowest BCUT2D eigenvalue weighted by molar-refractivity contribution is -0.141. The molecule has 2 amide bonds. The number of sulfonamides is 1. The van der Waals surface area contributed by atoms with Gasteiger partial charge in [-0.05, 0) is 19.3 Å². The molecule has 0 bridgehead atoms. The van der Waals surface area contributed by atoms with Gasteiger partial charge in [-0.1, -0.05) is 13.3 Å². The molecule has 0 aliphatic carbocycles. The number of unbranched alkanes of at least 4 members (excludes halogenated alkanes) is 1. The van der Waals surface area contributed by atoms with Gasteiger partial charge in [0.25, 0.3) is 0 Å². The van der Waals surface area contributed by atoms with Crippen LogP contribution < -0.4 is 0 Å². The molecule has 20 heavy (non-hydrogen) atoms. The zero-order valence-electron chi connectivity index (χ0n) is 11.9. The highest BCUT2D eigenvalue weighted by molar-refractivity contribution is 7.89. The number of likely N-dealkylation sites (tertiary alicyclic amines) is 1. The molecule has 2 rings (SSSR count). The first kappa shape index (κ1) is 15.4. The Morgan fingerprint density at radius 1 is 1.10 bits per heavy atom. The van der Waals surface area contributed by atoms with Crippen LogP contribution in [0.1, 0.15) is 45.4 Å². The Morgan fingerprint density at radius 3 is 2.15 bits per heavy atom. The zero-order valence-corrected chi connectivity index (χ0v) is 12.7. The van der Waals surface area contributed by atoms with E-state index in [-0.39, 0.29) is 23.6 Å². The molecular weight excluding hydrogens is 280 g/mol. The van der Waals surface area contributed by atoms with E-state index in [1.165, 1.54) is 9.21 Å². The number of nitrogens with zero attached hydrogens (tertiary/aromatic N) is 2. The summed E-state index contributed by atoms with van der Waals surface area (Å²) >= 11 is 0. The van der Waals surface area contributed by atoms with Gasteiger partial charge in [0.1, 0.15) is 0 Å². The van der Waals surface area contributed by atoms with Crippen molar-refractivity contribution in [3.63, 3.8) is 0 Å². The molecule has 0 radical (unpaired) electrons. The van der Waals surface area contributed by atoms with E-state index in [9.17, 15) is 18.0 Å². The summed E-state index contributed by atoms with van der Waals surface area (Å²) in [5.41, 5.74) is 0. The summed E-state index contributed by atoms with van der Waals surface area (Å²) in [5.74, 6) is -0.0278. The molecule has 0 aromatic heterocycles. The molecule has 6 nitrogen and oxygen atoms in total. The van der Waals surface area contributed by atoms with Gasteiger partial charge in [-0.2, -0.15) is 0 Å². The van der Waals surface area contributed by atoms with Crippen molar-refractivity contribution in [1.29, 1.82) is 0 Å². The Balaban J connectivity index is 1.92. The molecule has 0 aromatic carbocycles. The molecule has 2 fully saturated rings. The van der Waals surface area contributed by atoms with E-state index in [4.69, 9.17) is 0 Å². The van der Waals surface area contributed by atoms with Crippen LogP contribution in [0.25, 0.3) is 0 Å². The van der Waals surface area contributed by atoms with Crippen LogP contribution >= 0.6 is 0 Å². The van der Waals surface area contributed by atoms with Crippen molar-refractivity contribution < 1.29 is 18.0 Å². The highest BCUT2D eigenvalue weighted by atomic mass is 32.2. The van der Waals surface area contributed by atoms with Crippen molar-refractivity contribution in [3.05, 3.63) is 0 Å². The van der Waals surface area contributed by atoms with Gasteiger partial charge in [-0.25, -0.2) is 12.7 Å². The van der Waals surface area contributed by atoms with Crippen molar-refractivity contribution in [2.24, 2.45) is 0 Å². The summed E-state index contributed by atoms with van der Waals surface area (Å²) in [4.78, 5) is 24.7. The van der Waals surface area contributed by atoms with Crippen molar-refractivity contribution in [2.75, 3.05) is 18.8 Å². The topological polar surface area (TPSA) is 74.8 Å². The number of imide groups is 1. The van der Waals surface area contributed by atoms with Crippen LogP contribution in [0, 0.1) is 0 Å². The zero-order chi connectivity index (χ0) is 14.8. The van der Waals surface area contributed by atoms with E-state index in [1.807, 2.05) is 6.92 Å². The van der Waals surface area contributed by atoms with E-state index >= 15 is 0 Å². The molecule has 0 saturated carbocycles. The smallest absolute Gasteiger partial charge is 0.229 e. The number of carbonyl (C=O) groups is 2. The maximum absolute atomic E-state index is 12.1. The van der Waals surface area contributed by atoms with Gasteiger partial charge in [0.2, 0.25) is 21.8 Å². The molecule has 0 N–H and O–H groups in total. The van der Waals surface area contributed by atoms with E-state index in [2.05, 4.69) is 0 Å². The first-order chi connectivity index (χ1) is 9.45. The Hall–Kier alpha value is -0.950. The third kappa shape index (κ3) is 3.20. The largest absolute Gasteiger partial charge is 0.279 e. The van der Waals surface area contributed by atoms with Gasteiger partial charge in [0.15, 0.2) is 0 Å². The lowest BCUT2D eigenvalue weighted by atomic mass is 10.1. The molecule has 0 unspecified atom stereocenters. The normalized spacial score (nSPS) is 22.8. The minimum absolute atomic E-state index is 0.109. The monoisotopic (exact) mass is 302 g/mol. The molecule has 0 spiro atoms. The third-order valence-corrected chi connectivity index (χ3v) is 5.98. The molecule has 0 aromatic rings. The Labute approximate surface area is 120 Å². The number of carbonyl (C=O) groups excluding carboxylic acids is 2. The molecular formula is C13H22N2O4S. The van der Waals surface area contributed by atoms with Gasteiger partial charge < -0.3 is 0 Å². The first-order valence-corrected chi connectivity index (χ1v) is 8.89. The van der Waals surface area contributed by atoms with Gasteiger partial charge >= 0.3 is 0 Å². The van der Waals surface area contributed by atoms with Gasteiger partial charge in [0.05, 0.1) is 5.75 Å². The van der Waals surface area contributed by atoms with Crippen LogP contribution in [0.2, 0.25) is 0 Å². The molecule has 2 saturated heterocycles. The quantitative estimate of drug-likeness (QED) is 0.702. The van der Waals surface area contributed by atoms with Gasteiger partial charge in [-0.15, -0.1) is 0 Å². The molecule has 114 valence electrons. The Bertz CT molecular complexity index is 465. The lowest BCUT2D eigenvalue weighted by Gasteiger charge is -2.35. The number of hydrogen-bond donors (Lipinski definition) is 0. The Morgan fingerprint density at radius 2 is 1.65 bits per heavy atom. The number of hydrogen-bond acceptors (Lipinski definition) is 4. The van der Waals surface area contributed by atoms with E-state index in [0.29, 0.717) is 45.2 Å². The molecule has 2 heterocycles. The molecule has 7 heteroatoms. The standard InChI is InChI=1S/C13H22N2O4S/c1-2-3-10-20(18,19)14-8-6-11(7-9-14)15-12(16)4-5-13(15)17/h11H,2-10H2,1H3. The first-order valence-electron chi connectivity index (χ1n) is 7.28.